The summed E-state index contributed by atoms with van der Waals surface area (Å²) in [6.07, 6.45) is 6.12. The number of carbonyl (C=O) groups excluding carboxylic acids is 1. The molecule has 1 aromatic rings. The molecule has 1 aliphatic heterocycles. The Bertz CT molecular complexity index is 506. The van der Waals surface area contributed by atoms with Gasteiger partial charge in [0, 0.05) is 31.4 Å². The monoisotopic (exact) mass is 278 g/mol. The number of likely N-dealkylation sites (tertiary alicyclic amines) is 1. The second kappa shape index (κ2) is 6.31. The fourth-order valence-electron chi connectivity index (χ4n) is 2.51. The van der Waals surface area contributed by atoms with Crippen molar-refractivity contribution in [2.45, 2.75) is 38.1 Å². The Morgan fingerprint density at radius 2 is 2.10 bits per heavy atom. The van der Waals surface area contributed by atoms with Crippen molar-refractivity contribution in [2.75, 3.05) is 12.3 Å². The van der Waals surface area contributed by atoms with Crippen LogP contribution in [0.4, 0.5) is 5.82 Å². The first-order valence-electron chi connectivity index (χ1n) is 6.69. The lowest BCUT2D eigenvalue weighted by Crippen LogP contribution is -2.44. The summed E-state index contributed by atoms with van der Waals surface area (Å²) in [5.74, 6) is -0.993. The molecule has 1 aromatic heterocycles. The third-order valence-corrected chi connectivity index (χ3v) is 3.51. The van der Waals surface area contributed by atoms with E-state index in [9.17, 15) is 9.59 Å². The summed E-state index contributed by atoms with van der Waals surface area (Å²) < 4.78 is 0. The molecule has 1 aliphatic rings. The molecule has 0 bridgehead atoms. The van der Waals surface area contributed by atoms with Crippen LogP contribution < -0.4 is 5.73 Å². The third-order valence-electron chi connectivity index (χ3n) is 3.51. The summed E-state index contributed by atoms with van der Waals surface area (Å²) in [6, 6.07) is -0.0613. The highest BCUT2D eigenvalue weighted by Gasteiger charge is 2.29. The molecule has 3 N–H and O–H groups in total. The zero-order valence-corrected chi connectivity index (χ0v) is 11.2. The molecule has 1 saturated heterocycles. The number of carboxylic acid groups (broad SMARTS) is 1. The summed E-state index contributed by atoms with van der Waals surface area (Å²) in [7, 11) is 0. The highest BCUT2D eigenvalue weighted by atomic mass is 16.4. The molecule has 2 heterocycles. The Morgan fingerprint density at radius 3 is 2.80 bits per heavy atom. The van der Waals surface area contributed by atoms with Gasteiger partial charge in [-0.05, 0) is 25.7 Å². The van der Waals surface area contributed by atoms with Gasteiger partial charge in [-0.2, -0.15) is 0 Å². The van der Waals surface area contributed by atoms with Crippen LogP contribution in [0.15, 0.2) is 12.4 Å². The van der Waals surface area contributed by atoms with Gasteiger partial charge >= 0.3 is 5.97 Å². The van der Waals surface area contributed by atoms with Crippen LogP contribution >= 0.6 is 0 Å². The maximum atomic E-state index is 12.5. The number of aliphatic carboxylic acids is 1. The van der Waals surface area contributed by atoms with Crippen LogP contribution in [0, 0.1) is 0 Å². The number of carbonyl (C=O) groups is 2. The van der Waals surface area contributed by atoms with E-state index in [2.05, 4.69) is 9.97 Å². The number of nitrogens with two attached hydrogens (primary N) is 1. The summed E-state index contributed by atoms with van der Waals surface area (Å²) in [5.41, 5.74) is 5.83. The first kappa shape index (κ1) is 14.2. The predicted octanol–water partition coefficient (Wildman–Crippen LogP) is 0.918. The van der Waals surface area contributed by atoms with Crippen LogP contribution in [0.1, 0.15) is 42.6 Å². The number of hydrogen-bond acceptors (Lipinski definition) is 5. The van der Waals surface area contributed by atoms with Gasteiger partial charge in [-0.3, -0.25) is 9.59 Å². The standard InChI is InChI=1S/C13H18N4O3/c14-12-11(15-6-7-16-12)13(20)17-8-2-1-3-9(17)4-5-10(18)19/h6-7,9H,1-5,8H2,(H2,14,16)(H,18,19)/t9-/m0/s1. The Hall–Kier alpha value is -2.18. The van der Waals surface area contributed by atoms with Crippen molar-refractivity contribution in [3.63, 3.8) is 0 Å². The van der Waals surface area contributed by atoms with Crippen LogP contribution in [-0.4, -0.2) is 44.4 Å². The fourth-order valence-corrected chi connectivity index (χ4v) is 2.51. The Balaban J connectivity index is 2.13. The van der Waals surface area contributed by atoms with E-state index < -0.39 is 5.97 Å². The number of rotatable bonds is 4. The molecule has 1 atom stereocenters. The van der Waals surface area contributed by atoms with Gasteiger partial charge in [-0.1, -0.05) is 0 Å². The first-order valence-corrected chi connectivity index (χ1v) is 6.69. The van der Waals surface area contributed by atoms with Crippen LogP contribution in [-0.2, 0) is 4.79 Å². The van der Waals surface area contributed by atoms with Gasteiger partial charge in [0.05, 0.1) is 0 Å². The van der Waals surface area contributed by atoms with E-state index in [1.807, 2.05) is 0 Å². The molecule has 0 aromatic carbocycles. The number of nitrogen functional groups attached to an aromatic ring is 1. The average molecular weight is 278 g/mol. The smallest absolute Gasteiger partial charge is 0.303 e. The molecule has 2 rings (SSSR count). The molecule has 0 saturated carbocycles. The van der Waals surface area contributed by atoms with E-state index in [-0.39, 0.29) is 29.9 Å². The Morgan fingerprint density at radius 1 is 1.35 bits per heavy atom. The molecule has 7 heteroatoms. The lowest BCUT2D eigenvalue weighted by atomic mass is 9.97. The molecule has 108 valence electrons. The molecule has 1 amide bonds. The maximum Gasteiger partial charge on any atom is 0.303 e. The lowest BCUT2D eigenvalue weighted by Gasteiger charge is -2.35. The largest absolute Gasteiger partial charge is 0.481 e. The Kier molecular flexibility index (Phi) is 4.49. The quantitative estimate of drug-likeness (QED) is 0.847. The number of aromatic nitrogens is 2. The fraction of sp³-hybridized carbons (Fsp3) is 0.538. The number of hydrogen-bond donors (Lipinski definition) is 2. The summed E-state index contributed by atoms with van der Waals surface area (Å²) in [5, 5.41) is 8.78. The highest BCUT2D eigenvalue weighted by Crippen LogP contribution is 2.23. The SMILES string of the molecule is Nc1nccnc1C(=O)N1CCCC[C@H]1CCC(=O)O. The number of piperidine rings is 1. The minimum atomic E-state index is -0.845. The van der Waals surface area contributed by atoms with E-state index in [0.29, 0.717) is 13.0 Å². The van der Waals surface area contributed by atoms with Crippen molar-refractivity contribution in [1.82, 2.24) is 14.9 Å². The van der Waals surface area contributed by atoms with Crippen molar-refractivity contribution in [2.24, 2.45) is 0 Å². The molecular formula is C13H18N4O3. The normalized spacial score (nSPS) is 18.8. The number of nitrogens with zero attached hydrogens (tertiary/aromatic N) is 3. The number of anilines is 1. The molecule has 0 radical (unpaired) electrons. The van der Waals surface area contributed by atoms with Crippen molar-refractivity contribution >= 4 is 17.7 Å². The maximum absolute atomic E-state index is 12.5. The molecule has 0 spiro atoms. The third kappa shape index (κ3) is 3.23. The molecular weight excluding hydrogens is 260 g/mol. The van der Waals surface area contributed by atoms with Crippen molar-refractivity contribution in [3.8, 4) is 0 Å². The van der Waals surface area contributed by atoms with Gasteiger partial charge in [0.25, 0.3) is 5.91 Å². The van der Waals surface area contributed by atoms with E-state index in [1.165, 1.54) is 12.4 Å². The summed E-state index contributed by atoms with van der Waals surface area (Å²) in [6.45, 7) is 0.610. The Labute approximate surface area is 116 Å². The molecule has 7 nitrogen and oxygen atoms in total. The van der Waals surface area contributed by atoms with Gasteiger partial charge in [0.15, 0.2) is 11.5 Å². The zero-order chi connectivity index (χ0) is 14.5. The first-order chi connectivity index (χ1) is 9.59. The highest BCUT2D eigenvalue weighted by molar-refractivity contribution is 5.96. The topological polar surface area (TPSA) is 109 Å². The van der Waals surface area contributed by atoms with Gasteiger partial charge in [-0.15, -0.1) is 0 Å². The number of amides is 1. The van der Waals surface area contributed by atoms with E-state index in [1.54, 1.807) is 4.90 Å². The van der Waals surface area contributed by atoms with E-state index in [4.69, 9.17) is 10.8 Å². The summed E-state index contributed by atoms with van der Waals surface area (Å²) in [4.78, 5) is 32.7. The molecule has 1 fully saturated rings. The average Bonchev–Trinajstić information content (AvgIpc) is 2.45. The molecule has 20 heavy (non-hydrogen) atoms. The van der Waals surface area contributed by atoms with Crippen molar-refractivity contribution < 1.29 is 14.7 Å². The minimum absolute atomic E-state index is 0.0599. The van der Waals surface area contributed by atoms with Crippen LogP contribution in [0.3, 0.4) is 0 Å². The minimum Gasteiger partial charge on any atom is -0.481 e. The van der Waals surface area contributed by atoms with Gasteiger partial charge < -0.3 is 15.7 Å². The van der Waals surface area contributed by atoms with Crippen molar-refractivity contribution in [3.05, 3.63) is 18.1 Å². The van der Waals surface area contributed by atoms with Gasteiger partial charge in [0.2, 0.25) is 0 Å². The number of carboxylic acids is 1. The van der Waals surface area contributed by atoms with Crippen molar-refractivity contribution in [1.29, 1.82) is 0 Å². The lowest BCUT2D eigenvalue weighted by molar-refractivity contribution is -0.137. The predicted molar refractivity (Wildman–Crippen MR) is 72.0 cm³/mol. The van der Waals surface area contributed by atoms with E-state index >= 15 is 0 Å². The van der Waals surface area contributed by atoms with Crippen LogP contribution in [0.25, 0.3) is 0 Å². The second-order valence-corrected chi connectivity index (χ2v) is 4.87. The second-order valence-electron chi connectivity index (χ2n) is 4.87. The van der Waals surface area contributed by atoms with Gasteiger partial charge in [-0.25, -0.2) is 9.97 Å². The van der Waals surface area contributed by atoms with Crippen LogP contribution in [0.2, 0.25) is 0 Å². The molecule has 0 aliphatic carbocycles. The molecule has 0 unspecified atom stereocenters. The van der Waals surface area contributed by atoms with Crippen LogP contribution in [0.5, 0.6) is 0 Å². The van der Waals surface area contributed by atoms with Gasteiger partial charge in [0.1, 0.15) is 0 Å². The summed E-state index contributed by atoms with van der Waals surface area (Å²) >= 11 is 0. The van der Waals surface area contributed by atoms with E-state index in [0.717, 1.165) is 19.3 Å². The zero-order valence-electron chi connectivity index (χ0n) is 11.2.